The largest absolute Gasteiger partial charge is 0.383 e. The molecule has 9 rings (SSSR count). The fraction of sp³-hybridized carbons (Fsp3) is 0.538. The first kappa shape index (κ1) is 53.9. The molecule has 408 valence electrons. The van der Waals surface area contributed by atoms with Crippen LogP contribution in [0.15, 0.2) is 42.7 Å². The van der Waals surface area contributed by atoms with Crippen LogP contribution in [-0.4, -0.2) is 170 Å². The molecular formula is C52H65F2N11O11. The molecule has 4 N–H and O–H groups in total. The lowest BCUT2D eigenvalue weighted by atomic mass is 9.92. The van der Waals surface area contributed by atoms with Crippen molar-refractivity contribution in [2.75, 3.05) is 110 Å². The van der Waals surface area contributed by atoms with E-state index in [0.717, 1.165) is 41.0 Å². The highest BCUT2D eigenvalue weighted by Crippen LogP contribution is 2.44. The molecule has 0 radical (unpaired) electrons. The summed E-state index contributed by atoms with van der Waals surface area (Å²) in [5.74, 6) is -1.70. The number of alkyl halides is 2. The van der Waals surface area contributed by atoms with Gasteiger partial charge in [0.05, 0.1) is 89.3 Å². The standard InChI is InChI=1S/C52H65F2N11O11/c1-55-52(71)61-15-8-42-41(32-61)48(60-65(42)36-9-17-72-18-10-36)63-14-2-3-33-27-38(39(47(53)54)29-44(33)63)34-30-58-62(31-34)16-12-57-45(66)11-19-73-21-23-75-25-26-76-24-22-74-20-13-56-35-4-5-37-40(28-35)51(70)64(50(37)69)43-6-7-46(67)59-49(43)68/h4-5,27-31,36,43,47,56H,2-3,6-26,32H2,1H3,(H,55,71)(H,57,66)(H,59,67,68). The van der Waals surface area contributed by atoms with Gasteiger partial charge in [0.15, 0.2) is 5.82 Å². The van der Waals surface area contributed by atoms with Gasteiger partial charge in [-0.15, -0.1) is 0 Å². The van der Waals surface area contributed by atoms with Crippen LogP contribution >= 0.6 is 0 Å². The summed E-state index contributed by atoms with van der Waals surface area (Å²) in [5, 5.41) is 20.6. The minimum atomic E-state index is -2.75. The highest BCUT2D eigenvalue weighted by molar-refractivity contribution is 6.23. The summed E-state index contributed by atoms with van der Waals surface area (Å²) in [4.78, 5) is 79.8. The van der Waals surface area contributed by atoms with Gasteiger partial charge in [-0.05, 0) is 73.6 Å². The van der Waals surface area contributed by atoms with E-state index < -0.39 is 36.1 Å². The zero-order valence-electron chi connectivity index (χ0n) is 42.6. The van der Waals surface area contributed by atoms with E-state index in [1.54, 1.807) is 53.3 Å². The van der Waals surface area contributed by atoms with Crippen LogP contribution in [0.5, 0.6) is 0 Å². The maximum atomic E-state index is 15.0. The van der Waals surface area contributed by atoms with Gasteiger partial charge in [-0.1, -0.05) is 0 Å². The van der Waals surface area contributed by atoms with Gasteiger partial charge in [0.25, 0.3) is 18.2 Å². The number of carbonyl (C=O) groups is 6. The molecule has 5 aliphatic rings. The number of anilines is 3. The van der Waals surface area contributed by atoms with E-state index in [0.29, 0.717) is 133 Å². The lowest BCUT2D eigenvalue weighted by Crippen LogP contribution is -2.54. The Labute approximate surface area is 438 Å². The number of piperidine rings is 1. The number of imide groups is 2. The van der Waals surface area contributed by atoms with Crippen molar-refractivity contribution in [2.45, 2.75) is 83.0 Å². The van der Waals surface area contributed by atoms with Gasteiger partial charge in [-0.3, -0.25) is 43.6 Å². The summed E-state index contributed by atoms with van der Waals surface area (Å²) < 4.78 is 61.6. The number of nitrogens with zero attached hydrogens (tertiary/aromatic N) is 7. The third-order valence-corrected chi connectivity index (χ3v) is 14.2. The van der Waals surface area contributed by atoms with Crippen LogP contribution in [0.2, 0.25) is 0 Å². The minimum Gasteiger partial charge on any atom is -0.383 e. The summed E-state index contributed by atoms with van der Waals surface area (Å²) in [7, 11) is 1.62. The second-order valence-corrected chi connectivity index (χ2v) is 19.1. The Hall–Kier alpha value is -6.86. The SMILES string of the molecule is CNC(=O)N1CCc2c(c(N3CCCc4cc(-c5cnn(CCNC(=O)CCOCCOCCOCCOCCNc6ccc7c(c6)C(=O)N(C6CCC(=O)NC6=O)C7=O)c5)c(C(F)F)cc43)nn2C2CCOCC2)C1. The van der Waals surface area contributed by atoms with Gasteiger partial charge < -0.3 is 49.4 Å². The maximum absolute atomic E-state index is 15.0. The summed E-state index contributed by atoms with van der Waals surface area (Å²) >= 11 is 0. The molecule has 0 saturated carbocycles. The van der Waals surface area contributed by atoms with E-state index in [2.05, 4.69) is 35.9 Å². The Morgan fingerprint density at radius 1 is 0.842 bits per heavy atom. The van der Waals surface area contributed by atoms with Gasteiger partial charge >= 0.3 is 6.03 Å². The third kappa shape index (κ3) is 12.5. The predicted octanol–water partition coefficient (Wildman–Crippen LogP) is 3.90. The fourth-order valence-corrected chi connectivity index (χ4v) is 10.3. The van der Waals surface area contributed by atoms with Crippen LogP contribution in [0, 0.1) is 0 Å². The minimum absolute atomic E-state index is 0.0532. The van der Waals surface area contributed by atoms with Crippen LogP contribution in [0.25, 0.3) is 11.1 Å². The normalized spacial score (nSPS) is 17.7. The molecule has 0 spiro atoms. The monoisotopic (exact) mass is 1060 g/mol. The van der Waals surface area contributed by atoms with Crippen molar-refractivity contribution in [3.63, 3.8) is 0 Å². The molecule has 24 heteroatoms. The predicted molar refractivity (Wildman–Crippen MR) is 270 cm³/mol. The first-order valence-electron chi connectivity index (χ1n) is 26.1. The Kier molecular flexibility index (Phi) is 18.0. The number of halogens is 2. The number of amides is 7. The lowest BCUT2D eigenvalue weighted by molar-refractivity contribution is -0.136. The molecule has 76 heavy (non-hydrogen) atoms. The molecule has 4 aromatic rings. The molecule has 7 heterocycles. The number of urea groups is 1. The van der Waals surface area contributed by atoms with Gasteiger partial charge in [0.1, 0.15) is 6.04 Å². The second-order valence-electron chi connectivity index (χ2n) is 19.1. The van der Waals surface area contributed by atoms with Crippen LogP contribution in [0.1, 0.15) is 94.1 Å². The molecular weight excluding hydrogens is 993 g/mol. The van der Waals surface area contributed by atoms with Crippen molar-refractivity contribution >= 4 is 52.8 Å². The van der Waals surface area contributed by atoms with Gasteiger partial charge in [0, 0.05) is 106 Å². The molecule has 2 aromatic heterocycles. The number of hydrogen-bond acceptors (Lipinski definition) is 15. The number of rotatable bonds is 24. The number of fused-ring (bicyclic) bond motifs is 3. The average Bonchev–Trinajstić information content (AvgIpc) is 4.13. The number of benzene rings is 2. The molecule has 2 saturated heterocycles. The first-order chi connectivity index (χ1) is 37.0. The van der Waals surface area contributed by atoms with Gasteiger partial charge in [-0.2, -0.15) is 10.2 Å². The molecule has 1 atom stereocenters. The smallest absolute Gasteiger partial charge is 0.317 e. The van der Waals surface area contributed by atoms with Crippen molar-refractivity contribution in [1.29, 1.82) is 0 Å². The first-order valence-corrected chi connectivity index (χ1v) is 26.1. The van der Waals surface area contributed by atoms with Crippen LogP contribution < -0.4 is 26.2 Å². The summed E-state index contributed by atoms with van der Waals surface area (Å²) in [6.45, 7) is 6.49. The molecule has 0 aliphatic carbocycles. The van der Waals surface area contributed by atoms with E-state index in [1.165, 1.54) is 0 Å². The highest BCUT2D eigenvalue weighted by atomic mass is 19.3. The van der Waals surface area contributed by atoms with Crippen molar-refractivity contribution < 1.29 is 61.2 Å². The number of aryl methyl sites for hydroxylation is 1. The number of ether oxygens (including phenoxy) is 5. The van der Waals surface area contributed by atoms with Crippen LogP contribution in [-0.2, 0) is 64.0 Å². The van der Waals surface area contributed by atoms with Crippen LogP contribution in [0.4, 0.5) is 30.8 Å². The zero-order valence-corrected chi connectivity index (χ0v) is 42.6. The molecule has 2 fully saturated rings. The fourth-order valence-electron chi connectivity index (χ4n) is 10.3. The van der Waals surface area contributed by atoms with Gasteiger partial charge in [0.2, 0.25) is 17.7 Å². The zero-order chi connectivity index (χ0) is 53.1. The Balaban J connectivity index is 0.640. The Morgan fingerprint density at radius 3 is 2.32 bits per heavy atom. The molecule has 1 unspecified atom stereocenters. The van der Waals surface area contributed by atoms with E-state index in [-0.39, 0.29) is 67.1 Å². The van der Waals surface area contributed by atoms with Gasteiger partial charge in [-0.25, -0.2) is 13.6 Å². The molecule has 5 aliphatic heterocycles. The molecule has 0 bridgehead atoms. The maximum Gasteiger partial charge on any atom is 0.317 e. The third-order valence-electron chi connectivity index (χ3n) is 14.2. The summed E-state index contributed by atoms with van der Waals surface area (Å²) in [6, 6.07) is 7.21. The van der Waals surface area contributed by atoms with E-state index in [1.807, 2.05) is 6.07 Å². The van der Waals surface area contributed by atoms with Crippen molar-refractivity contribution in [1.82, 2.24) is 45.3 Å². The van der Waals surface area contributed by atoms with E-state index in [9.17, 15) is 37.5 Å². The molecule has 2 aromatic carbocycles. The number of hydrogen-bond donors (Lipinski definition) is 4. The Morgan fingerprint density at radius 2 is 1.58 bits per heavy atom. The van der Waals surface area contributed by atoms with E-state index in [4.69, 9.17) is 28.8 Å². The van der Waals surface area contributed by atoms with Crippen molar-refractivity contribution in [3.8, 4) is 11.1 Å². The summed E-state index contributed by atoms with van der Waals surface area (Å²) in [6.07, 6.45) is 4.65. The molecule has 22 nitrogen and oxygen atoms in total. The number of aromatic nitrogens is 4. The number of nitrogens with one attached hydrogen (secondary N) is 4. The Bertz CT molecular complexity index is 2760. The average molecular weight is 1060 g/mol. The quantitative estimate of drug-likeness (QED) is 0.0575. The highest BCUT2D eigenvalue weighted by Gasteiger charge is 2.45. The van der Waals surface area contributed by atoms with E-state index >= 15 is 0 Å². The van der Waals surface area contributed by atoms with Crippen molar-refractivity contribution in [2.24, 2.45) is 0 Å². The van der Waals surface area contributed by atoms with Crippen molar-refractivity contribution in [3.05, 3.63) is 76.2 Å². The summed E-state index contributed by atoms with van der Waals surface area (Å²) in [5.41, 5.74) is 5.56. The molecule has 7 amide bonds. The lowest BCUT2D eigenvalue weighted by Gasteiger charge is -2.33. The number of carbonyl (C=O) groups excluding carboxylic acids is 6. The second kappa shape index (κ2) is 25.3. The van der Waals surface area contributed by atoms with Crippen LogP contribution in [0.3, 0.4) is 0 Å². The topological polar surface area (TPSA) is 242 Å².